The van der Waals surface area contributed by atoms with Crippen LogP contribution in [0.4, 0.5) is 0 Å². The highest BCUT2D eigenvalue weighted by atomic mass is 32.2. The van der Waals surface area contributed by atoms with E-state index in [1.165, 1.54) is 0 Å². The summed E-state index contributed by atoms with van der Waals surface area (Å²) < 4.78 is 31.6. The van der Waals surface area contributed by atoms with Gasteiger partial charge < -0.3 is 10.1 Å². The molecule has 0 aliphatic carbocycles. The molecule has 2 aliphatic heterocycles. The first kappa shape index (κ1) is 17.8. The number of benzene rings is 1. The van der Waals surface area contributed by atoms with Crippen LogP contribution in [0.1, 0.15) is 12.0 Å². The van der Waals surface area contributed by atoms with E-state index in [0.717, 1.165) is 32.8 Å². The van der Waals surface area contributed by atoms with Crippen molar-refractivity contribution >= 4 is 21.8 Å². The number of morpholine rings is 1. The molecule has 0 radical (unpaired) electrons. The molecule has 136 valence electrons. The lowest BCUT2D eigenvalue weighted by atomic mass is 10.2. The van der Waals surface area contributed by atoms with Crippen LogP contribution in [0.5, 0.6) is 0 Å². The SMILES string of the molecule is O=C(CCN=C1NS(=O)(=O)c2ccccc21)NCCN1CCOCC1. The van der Waals surface area contributed by atoms with Crippen molar-refractivity contribution in [3.63, 3.8) is 0 Å². The van der Waals surface area contributed by atoms with E-state index in [9.17, 15) is 13.2 Å². The maximum absolute atomic E-state index is 12.0. The topological polar surface area (TPSA) is 100 Å². The fourth-order valence-corrected chi connectivity index (χ4v) is 4.04. The van der Waals surface area contributed by atoms with Gasteiger partial charge in [-0.2, -0.15) is 0 Å². The van der Waals surface area contributed by atoms with E-state index in [2.05, 4.69) is 19.9 Å². The number of aliphatic imine (C=N–C) groups is 1. The molecule has 9 heteroatoms. The van der Waals surface area contributed by atoms with Crippen molar-refractivity contribution in [3.8, 4) is 0 Å². The first-order valence-corrected chi connectivity index (χ1v) is 9.78. The summed E-state index contributed by atoms with van der Waals surface area (Å²) in [5.41, 5.74) is 0.551. The van der Waals surface area contributed by atoms with E-state index < -0.39 is 10.0 Å². The number of rotatable bonds is 6. The number of hydrogen-bond donors (Lipinski definition) is 2. The minimum absolute atomic E-state index is 0.0910. The summed E-state index contributed by atoms with van der Waals surface area (Å²) in [6.07, 6.45) is 0.219. The van der Waals surface area contributed by atoms with Gasteiger partial charge in [0, 0.05) is 38.2 Å². The fraction of sp³-hybridized carbons (Fsp3) is 0.500. The third kappa shape index (κ3) is 4.56. The molecule has 0 saturated carbocycles. The number of amidine groups is 1. The number of fused-ring (bicyclic) bond motifs is 1. The molecule has 25 heavy (non-hydrogen) atoms. The van der Waals surface area contributed by atoms with Gasteiger partial charge in [0.25, 0.3) is 10.0 Å². The summed E-state index contributed by atoms with van der Waals surface area (Å²) in [6, 6.07) is 6.67. The molecule has 8 nitrogen and oxygen atoms in total. The highest BCUT2D eigenvalue weighted by molar-refractivity contribution is 7.90. The van der Waals surface area contributed by atoms with Crippen molar-refractivity contribution < 1.29 is 17.9 Å². The van der Waals surface area contributed by atoms with Crippen LogP contribution in [-0.4, -0.2) is 71.0 Å². The molecule has 0 bridgehead atoms. The molecule has 2 aliphatic rings. The standard InChI is InChI=1S/C16H22N4O4S/c21-15(17-7-8-20-9-11-24-12-10-20)5-6-18-16-13-3-1-2-4-14(13)25(22,23)19-16/h1-4H,5-12H2,(H,17,21)(H,18,19). The summed E-state index contributed by atoms with van der Waals surface area (Å²) >= 11 is 0. The second-order valence-electron chi connectivity index (χ2n) is 5.89. The van der Waals surface area contributed by atoms with E-state index in [0.29, 0.717) is 17.9 Å². The van der Waals surface area contributed by atoms with Gasteiger partial charge in [-0.1, -0.05) is 12.1 Å². The van der Waals surface area contributed by atoms with Gasteiger partial charge >= 0.3 is 0 Å². The molecule has 1 amide bonds. The van der Waals surface area contributed by atoms with Crippen molar-refractivity contribution in [2.75, 3.05) is 45.9 Å². The molecule has 1 saturated heterocycles. The lowest BCUT2D eigenvalue weighted by Gasteiger charge is -2.26. The van der Waals surface area contributed by atoms with Crippen LogP contribution in [-0.2, 0) is 19.6 Å². The van der Waals surface area contributed by atoms with Crippen molar-refractivity contribution in [2.24, 2.45) is 4.99 Å². The van der Waals surface area contributed by atoms with Crippen LogP contribution < -0.4 is 10.0 Å². The van der Waals surface area contributed by atoms with Gasteiger partial charge in [-0.15, -0.1) is 0 Å². The second-order valence-corrected chi connectivity index (χ2v) is 7.54. The smallest absolute Gasteiger partial charge is 0.263 e. The van der Waals surface area contributed by atoms with Gasteiger partial charge in [0.1, 0.15) is 5.84 Å². The Kier molecular flexibility index (Phi) is 5.67. The molecular formula is C16H22N4O4S. The molecule has 2 N–H and O–H groups in total. The largest absolute Gasteiger partial charge is 0.379 e. The number of ether oxygens (including phenoxy) is 1. The maximum Gasteiger partial charge on any atom is 0.263 e. The summed E-state index contributed by atoms with van der Waals surface area (Å²) in [4.78, 5) is 18.6. The monoisotopic (exact) mass is 366 g/mol. The first-order valence-electron chi connectivity index (χ1n) is 8.30. The molecule has 1 aromatic rings. The summed E-state index contributed by atoms with van der Waals surface area (Å²) in [6.45, 7) is 4.88. The molecule has 2 heterocycles. The van der Waals surface area contributed by atoms with Crippen LogP contribution in [0.2, 0.25) is 0 Å². The molecule has 1 fully saturated rings. The maximum atomic E-state index is 12.0. The number of amides is 1. The van der Waals surface area contributed by atoms with Gasteiger partial charge in [0.2, 0.25) is 5.91 Å². The third-order valence-electron chi connectivity index (χ3n) is 4.13. The van der Waals surface area contributed by atoms with Gasteiger partial charge in [0.15, 0.2) is 0 Å². The number of carbonyl (C=O) groups excluding carboxylic acids is 1. The van der Waals surface area contributed by atoms with Gasteiger partial charge in [-0.05, 0) is 12.1 Å². The highest BCUT2D eigenvalue weighted by Crippen LogP contribution is 2.22. The van der Waals surface area contributed by atoms with E-state index in [1.54, 1.807) is 24.3 Å². The summed E-state index contributed by atoms with van der Waals surface area (Å²) in [7, 11) is -3.53. The first-order chi connectivity index (χ1) is 12.1. The Morgan fingerprint density at radius 3 is 2.84 bits per heavy atom. The normalized spacial score (nSPS) is 20.9. The molecule has 0 spiro atoms. The average Bonchev–Trinajstić information content (AvgIpc) is 2.87. The van der Waals surface area contributed by atoms with Gasteiger partial charge in [-0.25, -0.2) is 8.42 Å². The minimum Gasteiger partial charge on any atom is -0.379 e. The fourth-order valence-electron chi connectivity index (χ4n) is 2.79. The van der Waals surface area contributed by atoms with Crippen LogP contribution in [0.15, 0.2) is 34.2 Å². The van der Waals surface area contributed by atoms with Crippen LogP contribution in [0.3, 0.4) is 0 Å². The Balaban J connectivity index is 1.44. The molecule has 3 rings (SSSR count). The number of sulfonamides is 1. The van der Waals surface area contributed by atoms with E-state index in [-0.39, 0.29) is 23.8 Å². The minimum atomic E-state index is -3.53. The van der Waals surface area contributed by atoms with E-state index in [1.807, 2.05) is 0 Å². The quantitative estimate of drug-likeness (QED) is 0.711. The lowest BCUT2D eigenvalue weighted by molar-refractivity contribution is -0.120. The summed E-state index contributed by atoms with van der Waals surface area (Å²) in [5.74, 6) is 0.212. The molecular weight excluding hydrogens is 344 g/mol. The Morgan fingerprint density at radius 2 is 2.04 bits per heavy atom. The second kappa shape index (κ2) is 7.94. The zero-order valence-electron chi connectivity index (χ0n) is 13.9. The predicted molar refractivity (Wildman–Crippen MR) is 93.1 cm³/mol. The molecule has 0 unspecified atom stereocenters. The lowest BCUT2D eigenvalue weighted by Crippen LogP contribution is -2.41. The Morgan fingerprint density at radius 1 is 1.28 bits per heavy atom. The zero-order chi connectivity index (χ0) is 17.7. The van der Waals surface area contributed by atoms with Crippen LogP contribution >= 0.6 is 0 Å². The Labute approximate surface area is 147 Å². The van der Waals surface area contributed by atoms with Crippen LogP contribution in [0.25, 0.3) is 0 Å². The van der Waals surface area contributed by atoms with Gasteiger partial charge in [-0.3, -0.25) is 19.4 Å². The Bertz CT molecular complexity index is 757. The predicted octanol–water partition coefficient (Wildman–Crippen LogP) is -0.436. The number of nitrogens with one attached hydrogen (secondary N) is 2. The number of carbonyl (C=O) groups is 1. The highest BCUT2D eigenvalue weighted by Gasteiger charge is 2.29. The van der Waals surface area contributed by atoms with Crippen molar-refractivity contribution in [3.05, 3.63) is 29.8 Å². The van der Waals surface area contributed by atoms with Crippen molar-refractivity contribution in [1.82, 2.24) is 14.9 Å². The number of nitrogens with zero attached hydrogens (tertiary/aromatic N) is 2. The number of hydrogen-bond acceptors (Lipinski definition) is 6. The average molecular weight is 366 g/mol. The van der Waals surface area contributed by atoms with Crippen LogP contribution in [0, 0.1) is 0 Å². The van der Waals surface area contributed by atoms with Crippen molar-refractivity contribution in [2.45, 2.75) is 11.3 Å². The molecule has 0 atom stereocenters. The molecule has 1 aromatic carbocycles. The van der Waals surface area contributed by atoms with Crippen molar-refractivity contribution in [1.29, 1.82) is 0 Å². The summed E-state index contributed by atoms with van der Waals surface area (Å²) in [5, 5.41) is 2.86. The zero-order valence-corrected chi connectivity index (χ0v) is 14.7. The van der Waals surface area contributed by atoms with E-state index in [4.69, 9.17) is 4.74 Å². The Hall–Kier alpha value is -1.97. The van der Waals surface area contributed by atoms with E-state index >= 15 is 0 Å². The third-order valence-corrected chi connectivity index (χ3v) is 5.52. The van der Waals surface area contributed by atoms with Gasteiger partial charge in [0.05, 0.1) is 24.7 Å². The molecule has 0 aromatic heterocycles.